The van der Waals surface area contributed by atoms with Crippen molar-refractivity contribution in [2.75, 3.05) is 0 Å². The maximum Gasteiger partial charge on any atom is 0.410 e. The third kappa shape index (κ3) is 8.89. The molecule has 9 heteroatoms. The maximum absolute atomic E-state index is 13.1. The number of hydrogen-bond donors (Lipinski definition) is 0. The van der Waals surface area contributed by atoms with Crippen molar-refractivity contribution in [2.24, 2.45) is 5.92 Å². The Hall–Kier alpha value is -1.09. The predicted octanol–water partition coefficient (Wildman–Crippen LogP) is 6.49. The smallest absolute Gasteiger partial charge is 0.410 e. The largest absolute Gasteiger partial charge is 0.460 e. The summed E-state index contributed by atoms with van der Waals surface area (Å²) in [6, 6.07) is 0.311. The van der Waals surface area contributed by atoms with Gasteiger partial charge in [-0.1, -0.05) is 6.82 Å². The molecule has 6 nitrogen and oxygen atoms in total. The maximum atomic E-state index is 13.1. The highest BCUT2D eigenvalue weighted by Crippen LogP contribution is 2.49. The quantitative estimate of drug-likeness (QED) is 0.315. The van der Waals surface area contributed by atoms with Gasteiger partial charge in [-0.2, -0.15) is 0 Å². The lowest BCUT2D eigenvalue weighted by Crippen LogP contribution is -2.46. The van der Waals surface area contributed by atoms with Gasteiger partial charge in [0.15, 0.2) is 3.92 Å². The Morgan fingerprint density at radius 2 is 1.67 bits per heavy atom. The molecule has 1 aromatic heterocycles. The first-order valence-corrected chi connectivity index (χ1v) is 13.4. The fourth-order valence-electron chi connectivity index (χ4n) is 4.35. The Bertz CT molecular complexity index is 797. The minimum Gasteiger partial charge on any atom is -0.460 e. The fraction of sp³-hybridized carbons (Fsp3) is 0.792. The number of esters is 1. The Morgan fingerprint density at radius 1 is 1.09 bits per heavy atom. The molecule has 2 aliphatic carbocycles. The zero-order valence-electron chi connectivity index (χ0n) is 21.0. The highest BCUT2D eigenvalue weighted by Gasteiger charge is 2.49. The van der Waals surface area contributed by atoms with Crippen LogP contribution in [-0.4, -0.2) is 53.1 Å². The first-order valence-electron chi connectivity index (χ1n) is 11.7. The Kier molecular flexibility index (Phi) is 9.86. The van der Waals surface area contributed by atoms with Gasteiger partial charge in [-0.25, -0.2) is 9.78 Å². The van der Waals surface area contributed by atoms with Gasteiger partial charge in [0, 0.05) is 35.5 Å². The van der Waals surface area contributed by atoms with Crippen LogP contribution in [0.15, 0.2) is 10.1 Å². The third-order valence-corrected chi connectivity index (χ3v) is 7.27. The number of carbonyl (C=O) groups excluding carboxylic acids is 2. The lowest BCUT2D eigenvalue weighted by Gasteiger charge is -2.38. The van der Waals surface area contributed by atoms with Gasteiger partial charge in [0.25, 0.3) is 0 Å². The van der Waals surface area contributed by atoms with Crippen molar-refractivity contribution in [3.8, 4) is 0 Å². The average Bonchev–Trinajstić information content (AvgIpc) is 3.33. The monoisotopic (exact) mass is 540 g/mol. The van der Waals surface area contributed by atoms with E-state index in [1.807, 2.05) is 52.6 Å². The van der Waals surface area contributed by atoms with E-state index in [1.54, 1.807) is 11.3 Å². The first-order chi connectivity index (χ1) is 15.3. The van der Waals surface area contributed by atoms with Gasteiger partial charge in [-0.3, -0.25) is 4.79 Å². The first kappa shape index (κ1) is 28.2. The minimum atomic E-state index is -0.527. The van der Waals surface area contributed by atoms with Crippen molar-refractivity contribution >= 4 is 47.2 Å². The molecule has 0 unspecified atom stereocenters. The second kappa shape index (κ2) is 11.6. The molecule has 0 aliphatic heterocycles. The van der Waals surface area contributed by atoms with Gasteiger partial charge in [0.2, 0.25) is 0 Å². The molecular formula is C24H38BBrN2O4S. The van der Waals surface area contributed by atoms with Crippen molar-refractivity contribution in [2.45, 2.75) is 116 Å². The molecule has 33 heavy (non-hydrogen) atoms. The second-order valence-electron chi connectivity index (χ2n) is 10.8. The molecule has 184 valence electrons. The van der Waals surface area contributed by atoms with Crippen LogP contribution < -0.4 is 0 Å². The molecule has 2 fully saturated rings. The number of aromatic nitrogens is 1. The zero-order valence-corrected chi connectivity index (χ0v) is 23.4. The predicted molar refractivity (Wildman–Crippen MR) is 137 cm³/mol. The zero-order chi connectivity index (χ0) is 25.0. The van der Waals surface area contributed by atoms with Crippen LogP contribution in [0.25, 0.3) is 0 Å². The molecule has 2 aliphatic rings. The summed E-state index contributed by atoms with van der Waals surface area (Å²) in [6.07, 6.45) is 6.72. The Balaban J connectivity index is 0.00000187. The minimum absolute atomic E-state index is 0.127. The molecule has 0 spiro atoms. The molecule has 1 aromatic rings. The highest BCUT2D eigenvalue weighted by atomic mass is 79.9. The van der Waals surface area contributed by atoms with Crippen LogP contribution in [0.1, 0.15) is 90.9 Å². The van der Waals surface area contributed by atoms with Gasteiger partial charge < -0.3 is 14.4 Å². The van der Waals surface area contributed by atoms with E-state index < -0.39 is 11.2 Å². The van der Waals surface area contributed by atoms with Gasteiger partial charge >= 0.3 is 12.1 Å². The van der Waals surface area contributed by atoms with Gasteiger partial charge in [-0.15, -0.1) is 11.3 Å². The SMILES string of the molecule is CC(C)(C)OC(=O)CC1CCC(N(C(=O)OC(C)(C)C)[C@H]2C[C@@H]2c2cnc(Br)s2)CC1.[B]C. The van der Waals surface area contributed by atoms with Crippen LogP contribution in [0.3, 0.4) is 0 Å². The van der Waals surface area contributed by atoms with E-state index >= 15 is 0 Å². The molecule has 0 saturated heterocycles. The summed E-state index contributed by atoms with van der Waals surface area (Å²) < 4.78 is 12.1. The van der Waals surface area contributed by atoms with Crippen molar-refractivity contribution in [3.05, 3.63) is 15.0 Å². The lowest BCUT2D eigenvalue weighted by atomic mass is 9.83. The molecule has 2 saturated carbocycles. The third-order valence-electron chi connectivity index (χ3n) is 5.66. The van der Waals surface area contributed by atoms with Crippen LogP contribution in [0.5, 0.6) is 0 Å². The van der Waals surface area contributed by atoms with Crippen molar-refractivity contribution in [1.82, 2.24) is 9.88 Å². The summed E-state index contributed by atoms with van der Waals surface area (Å²) >= 11 is 5.08. The molecule has 3 rings (SSSR count). The number of amides is 1. The van der Waals surface area contributed by atoms with E-state index in [0.29, 0.717) is 18.3 Å². The summed E-state index contributed by atoms with van der Waals surface area (Å²) in [5.74, 6) is 0.521. The molecule has 0 bridgehead atoms. The molecule has 1 amide bonds. The fourth-order valence-corrected chi connectivity index (χ4v) is 5.82. The van der Waals surface area contributed by atoms with Gasteiger partial charge in [0.1, 0.15) is 11.2 Å². The number of ether oxygens (including phenoxy) is 2. The standard InChI is InChI=1S/C23H35BrN2O4S.CH3B/c1-22(2,3)29-19(27)11-14-7-9-15(10-8-14)26(21(28)30-23(4,5)6)17-12-16(17)18-13-25-20(24)31-18;1-2/h13-17H,7-12H2,1-6H3;1H3/t14?,15?,16-,17-;/m0./s1. The van der Waals surface area contributed by atoms with E-state index in [9.17, 15) is 9.59 Å². The van der Waals surface area contributed by atoms with Crippen molar-refractivity contribution in [1.29, 1.82) is 0 Å². The lowest BCUT2D eigenvalue weighted by molar-refractivity contribution is -0.156. The normalized spacial score (nSPS) is 24.8. The second-order valence-corrected chi connectivity index (χ2v) is 13.1. The molecule has 0 N–H and O–H groups in total. The van der Waals surface area contributed by atoms with Crippen LogP contribution in [0.4, 0.5) is 4.79 Å². The van der Waals surface area contributed by atoms with Crippen LogP contribution in [0, 0.1) is 5.92 Å². The molecule has 1 heterocycles. The van der Waals surface area contributed by atoms with Crippen LogP contribution in [0.2, 0.25) is 6.82 Å². The average molecular weight is 541 g/mol. The summed E-state index contributed by atoms with van der Waals surface area (Å²) in [5, 5.41) is 0. The van der Waals surface area contributed by atoms with Crippen LogP contribution >= 0.6 is 27.3 Å². The van der Waals surface area contributed by atoms with E-state index in [0.717, 1.165) is 36.0 Å². The summed E-state index contributed by atoms with van der Waals surface area (Å²) in [5.41, 5.74) is -0.977. The number of halogens is 1. The summed E-state index contributed by atoms with van der Waals surface area (Å²) in [7, 11) is 4.50. The van der Waals surface area contributed by atoms with E-state index in [4.69, 9.17) is 9.47 Å². The van der Waals surface area contributed by atoms with E-state index in [2.05, 4.69) is 28.8 Å². The molecular weight excluding hydrogens is 503 g/mol. The Morgan fingerprint density at radius 3 is 2.15 bits per heavy atom. The molecule has 2 atom stereocenters. The van der Waals surface area contributed by atoms with E-state index in [-0.39, 0.29) is 24.1 Å². The number of thiazole rings is 1. The number of rotatable bonds is 5. The van der Waals surface area contributed by atoms with Crippen LogP contribution in [-0.2, 0) is 14.3 Å². The number of nitrogens with zero attached hydrogens (tertiary/aromatic N) is 2. The summed E-state index contributed by atoms with van der Waals surface area (Å²) in [6.45, 7) is 12.9. The Labute approximate surface area is 212 Å². The summed E-state index contributed by atoms with van der Waals surface area (Å²) in [4.78, 5) is 32.9. The molecule has 0 aromatic carbocycles. The number of hydrogen-bond acceptors (Lipinski definition) is 6. The van der Waals surface area contributed by atoms with Gasteiger partial charge in [-0.05, 0) is 95.5 Å². The van der Waals surface area contributed by atoms with Crippen molar-refractivity contribution in [3.63, 3.8) is 0 Å². The topological polar surface area (TPSA) is 68.7 Å². The number of carbonyl (C=O) groups is 2. The van der Waals surface area contributed by atoms with Gasteiger partial charge in [0.05, 0.1) is 7.85 Å². The van der Waals surface area contributed by atoms with Crippen molar-refractivity contribution < 1.29 is 19.1 Å². The highest BCUT2D eigenvalue weighted by molar-refractivity contribution is 9.11. The molecule has 2 radical (unpaired) electrons. The van der Waals surface area contributed by atoms with E-state index in [1.165, 1.54) is 11.7 Å².